The number of rotatable bonds is 4. The number of allylic oxidation sites excluding steroid dienone is 1. The van der Waals surface area contributed by atoms with Gasteiger partial charge in [-0.05, 0) is 69.8 Å². The van der Waals surface area contributed by atoms with Crippen molar-refractivity contribution in [3.63, 3.8) is 0 Å². The monoisotopic (exact) mass is 372 g/mol. The van der Waals surface area contributed by atoms with Crippen LogP contribution in [0.2, 0.25) is 5.02 Å². The number of nitrogens with zero attached hydrogens (tertiary/aromatic N) is 1. The van der Waals surface area contributed by atoms with Gasteiger partial charge in [0, 0.05) is 29.1 Å². The minimum Gasteiger partial charge on any atom is -0.423 e. The molecule has 5 heteroatoms. The van der Waals surface area contributed by atoms with Gasteiger partial charge in [0.15, 0.2) is 0 Å². The first kappa shape index (κ1) is 17.6. The molecule has 2 heterocycles. The van der Waals surface area contributed by atoms with E-state index >= 15 is 0 Å². The summed E-state index contributed by atoms with van der Waals surface area (Å²) in [5.74, 6) is 0. The Kier molecular flexibility index (Phi) is 5.32. The third-order valence-electron chi connectivity index (χ3n) is 5.50. The number of halogens is 1. The van der Waals surface area contributed by atoms with Crippen LogP contribution in [0, 0.1) is 0 Å². The first-order valence-corrected chi connectivity index (χ1v) is 9.97. The van der Waals surface area contributed by atoms with Crippen molar-refractivity contribution < 1.29 is 4.42 Å². The second-order valence-corrected chi connectivity index (χ2v) is 7.74. The van der Waals surface area contributed by atoms with E-state index in [-0.39, 0.29) is 5.63 Å². The fourth-order valence-corrected chi connectivity index (χ4v) is 4.32. The molecule has 0 radical (unpaired) electrons. The average Bonchev–Trinajstić information content (AvgIpc) is 2.67. The summed E-state index contributed by atoms with van der Waals surface area (Å²) in [6.07, 6.45) is 9.41. The van der Waals surface area contributed by atoms with Crippen LogP contribution in [0.4, 0.5) is 5.69 Å². The van der Waals surface area contributed by atoms with Crippen molar-refractivity contribution in [3.05, 3.63) is 51.4 Å². The van der Waals surface area contributed by atoms with Crippen molar-refractivity contribution >= 4 is 28.3 Å². The van der Waals surface area contributed by atoms with Crippen LogP contribution < -0.4 is 15.8 Å². The molecule has 1 aromatic carbocycles. The van der Waals surface area contributed by atoms with Gasteiger partial charge >= 0.3 is 5.63 Å². The van der Waals surface area contributed by atoms with E-state index in [9.17, 15) is 4.79 Å². The van der Waals surface area contributed by atoms with Crippen LogP contribution in [-0.2, 0) is 0 Å². The topological polar surface area (TPSA) is 45.5 Å². The highest BCUT2D eigenvalue weighted by Gasteiger charge is 2.25. The predicted octanol–water partition coefficient (Wildman–Crippen LogP) is 4.51. The normalized spacial score (nSPS) is 18.7. The van der Waals surface area contributed by atoms with Crippen molar-refractivity contribution in [1.29, 1.82) is 0 Å². The smallest absolute Gasteiger partial charge is 0.338 e. The lowest BCUT2D eigenvalue weighted by Crippen LogP contribution is -2.44. The third-order valence-corrected chi connectivity index (χ3v) is 5.74. The SMILES string of the molecule is O=c1cc(N(CC2=CCCCC2)C2CCNCC2)c2cc(Cl)ccc2o1. The first-order valence-electron chi connectivity index (χ1n) is 9.59. The Hall–Kier alpha value is -1.78. The first-order chi connectivity index (χ1) is 12.7. The number of benzene rings is 1. The minimum atomic E-state index is -0.300. The van der Waals surface area contributed by atoms with E-state index in [4.69, 9.17) is 16.0 Å². The van der Waals surface area contributed by atoms with Crippen LogP contribution in [0.5, 0.6) is 0 Å². The number of piperidine rings is 1. The Morgan fingerprint density at radius 1 is 1.19 bits per heavy atom. The predicted molar refractivity (Wildman–Crippen MR) is 107 cm³/mol. The lowest BCUT2D eigenvalue weighted by Gasteiger charge is -2.38. The Morgan fingerprint density at radius 3 is 2.81 bits per heavy atom. The maximum absolute atomic E-state index is 12.2. The largest absolute Gasteiger partial charge is 0.423 e. The molecule has 2 aliphatic rings. The van der Waals surface area contributed by atoms with Crippen molar-refractivity contribution in [2.24, 2.45) is 0 Å². The van der Waals surface area contributed by atoms with E-state index < -0.39 is 0 Å². The maximum Gasteiger partial charge on any atom is 0.338 e. The summed E-state index contributed by atoms with van der Waals surface area (Å²) in [5, 5.41) is 5.02. The molecule has 1 aromatic heterocycles. The van der Waals surface area contributed by atoms with Gasteiger partial charge in [0.25, 0.3) is 0 Å². The number of fused-ring (bicyclic) bond motifs is 1. The Morgan fingerprint density at radius 2 is 2.04 bits per heavy atom. The Balaban J connectivity index is 1.79. The van der Waals surface area contributed by atoms with Crippen LogP contribution in [-0.4, -0.2) is 25.7 Å². The van der Waals surface area contributed by atoms with E-state index in [0.717, 1.165) is 50.0 Å². The second-order valence-electron chi connectivity index (χ2n) is 7.31. The van der Waals surface area contributed by atoms with Gasteiger partial charge in [0.1, 0.15) is 5.58 Å². The molecule has 0 saturated carbocycles. The maximum atomic E-state index is 12.2. The van der Waals surface area contributed by atoms with Gasteiger partial charge in [0.2, 0.25) is 0 Å². The molecule has 0 atom stereocenters. The summed E-state index contributed by atoms with van der Waals surface area (Å²) in [4.78, 5) is 14.6. The molecule has 0 bridgehead atoms. The highest BCUT2D eigenvalue weighted by atomic mass is 35.5. The molecule has 1 saturated heterocycles. The van der Waals surface area contributed by atoms with Crippen LogP contribution in [0.15, 0.2) is 45.1 Å². The van der Waals surface area contributed by atoms with E-state index in [1.165, 1.54) is 24.8 Å². The zero-order chi connectivity index (χ0) is 17.9. The lowest BCUT2D eigenvalue weighted by atomic mass is 9.96. The van der Waals surface area contributed by atoms with Gasteiger partial charge in [-0.1, -0.05) is 23.3 Å². The van der Waals surface area contributed by atoms with E-state index in [0.29, 0.717) is 16.6 Å². The molecule has 1 aliphatic carbocycles. The molecule has 4 rings (SSSR count). The molecular weight excluding hydrogens is 348 g/mol. The summed E-state index contributed by atoms with van der Waals surface area (Å²) in [6.45, 7) is 2.91. The van der Waals surface area contributed by atoms with Gasteiger partial charge in [-0.2, -0.15) is 0 Å². The van der Waals surface area contributed by atoms with Crippen LogP contribution in [0.3, 0.4) is 0 Å². The second kappa shape index (κ2) is 7.85. The van der Waals surface area contributed by atoms with Crippen molar-refractivity contribution in [2.75, 3.05) is 24.5 Å². The molecule has 0 unspecified atom stereocenters. The molecule has 26 heavy (non-hydrogen) atoms. The van der Waals surface area contributed by atoms with Gasteiger partial charge in [-0.3, -0.25) is 0 Å². The van der Waals surface area contributed by atoms with Crippen LogP contribution >= 0.6 is 11.6 Å². The summed E-state index contributed by atoms with van der Waals surface area (Å²) in [7, 11) is 0. The molecule has 1 N–H and O–H groups in total. The third kappa shape index (κ3) is 3.81. The summed E-state index contributed by atoms with van der Waals surface area (Å²) in [5.41, 5.74) is 2.75. The highest BCUT2D eigenvalue weighted by Crippen LogP contribution is 2.32. The van der Waals surface area contributed by atoms with Gasteiger partial charge < -0.3 is 14.6 Å². The van der Waals surface area contributed by atoms with Gasteiger partial charge in [-0.25, -0.2) is 4.79 Å². The van der Waals surface area contributed by atoms with Crippen LogP contribution in [0.25, 0.3) is 11.0 Å². The molecule has 1 aliphatic heterocycles. The number of nitrogens with one attached hydrogen (secondary N) is 1. The Labute approximate surface area is 158 Å². The average molecular weight is 373 g/mol. The molecule has 2 aromatic rings. The number of hydrogen-bond acceptors (Lipinski definition) is 4. The molecule has 0 spiro atoms. The summed E-state index contributed by atoms with van der Waals surface area (Å²) in [6, 6.07) is 7.55. The van der Waals surface area contributed by atoms with E-state index in [1.807, 2.05) is 6.07 Å². The van der Waals surface area contributed by atoms with Gasteiger partial charge in [0.05, 0.1) is 5.69 Å². The van der Waals surface area contributed by atoms with Crippen molar-refractivity contribution in [2.45, 2.75) is 44.6 Å². The lowest BCUT2D eigenvalue weighted by molar-refractivity contribution is 0.433. The number of hydrogen-bond donors (Lipinski definition) is 1. The van der Waals surface area contributed by atoms with E-state index in [2.05, 4.69) is 16.3 Å². The highest BCUT2D eigenvalue weighted by molar-refractivity contribution is 6.31. The zero-order valence-electron chi connectivity index (χ0n) is 15.0. The molecule has 1 fully saturated rings. The summed E-state index contributed by atoms with van der Waals surface area (Å²) >= 11 is 6.25. The molecular formula is C21H25ClN2O2. The quantitative estimate of drug-likeness (QED) is 0.633. The number of anilines is 1. The Bertz CT molecular complexity index is 868. The molecule has 0 amide bonds. The van der Waals surface area contributed by atoms with Gasteiger partial charge in [-0.15, -0.1) is 0 Å². The van der Waals surface area contributed by atoms with Crippen molar-refractivity contribution in [1.82, 2.24) is 5.32 Å². The van der Waals surface area contributed by atoms with Crippen molar-refractivity contribution in [3.8, 4) is 0 Å². The standard InChI is InChI=1S/C21H25ClN2O2/c22-16-6-7-20-18(12-16)19(13-21(25)26-20)24(17-8-10-23-11-9-17)14-15-4-2-1-3-5-15/h4,6-7,12-13,17,23H,1-3,5,8-11,14H2. The van der Waals surface area contributed by atoms with E-state index in [1.54, 1.807) is 18.2 Å². The summed E-state index contributed by atoms with van der Waals surface area (Å²) < 4.78 is 5.42. The molecule has 4 nitrogen and oxygen atoms in total. The fraction of sp³-hybridized carbons (Fsp3) is 0.476. The molecule has 138 valence electrons. The van der Waals surface area contributed by atoms with Crippen LogP contribution in [0.1, 0.15) is 38.5 Å². The zero-order valence-corrected chi connectivity index (χ0v) is 15.7. The minimum absolute atomic E-state index is 0.300. The fourth-order valence-electron chi connectivity index (χ4n) is 4.15.